The van der Waals surface area contributed by atoms with Gasteiger partial charge in [-0.05, 0) is 57.1 Å². The molecule has 0 saturated carbocycles. The van der Waals surface area contributed by atoms with Gasteiger partial charge in [0.15, 0.2) is 0 Å². The normalized spacial score (nSPS) is 13.2. The van der Waals surface area contributed by atoms with Gasteiger partial charge in [-0.15, -0.1) is 0 Å². The monoisotopic (exact) mass is 443 g/mol. The number of anilines is 1. The van der Waals surface area contributed by atoms with Crippen molar-refractivity contribution < 1.29 is 18.1 Å². The number of halogens is 1. The van der Waals surface area contributed by atoms with Crippen molar-refractivity contribution in [3.63, 3.8) is 0 Å². The third-order valence-electron chi connectivity index (χ3n) is 4.77. The smallest absolute Gasteiger partial charge is 0.382 e. The van der Waals surface area contributed by atoms with E-state index < -0.39 is 7.82 Å². The summed E-state index contributed by atoms with van der Waals surface area (Å²) in [6.45, 7) is 7.07. The van der Waals surface area contributed by atoms with E-state index in [1.807, 2.05) is 24.3 Å². The predicted molar refractivity (Wildman–Crippen MR) is 119 cm³/mol. The van der Waals surface area contributed by atoms with E-state index in [-0.39, 0.29) is 0 Å². The lowest BCUT2D eigenvalue weighted by atomic mass is 10.1. The van der Waals surface area contributed by atoms with Crippen molar-refractivity contribution in [3.05, 3.63) is 35.5 Å². The Kier molecular flexibility index (Phi) is 9.83. The minimum absolute atomic E-state index is 0.298. The molecule has 1 atom stereocenters. The van der Waals surface area contributed by atoms with E-state index in [0.29, 0.717) is 24.2 Å². The fourth-order valence-corrected chi connectivity index (χ4v) is 3.93. The van der Waals surface area contributed by atoms with E-state index >= 15 is 0 Å². The molecule has 29 heavy (non-hydrogen) atoms. The molecule has 0 bridgehead atoms. The van der Waals surface area contributed by atoms with Gasteiger partial charge in [-0.1, -0.05) is 18.5 Å². The number of phosphoric acid groups is 1. The predicted octanol–water partition coefficient (Wildman–Crippen LogP) is 5.21. The molecular weight excluding hydrogens is 413 g/mol. The maximum Gasteiger partial charge on any atom is 0.474 e. The lowest BCUT2D eigenvalue weighted by molar-refractivity contribution is 0.133. The molecule has 0 saturated heterocycles. The third-order valence-corrected chi connectivity index (χ3v) is 6.40. The molecule has 0 aliphatic carbocycles. The first-order chi connectivity index (χ1) is 13.9. The molecule has 1 heterocycles. The van der Waals surface area contributed by atoms with Crippen LogP contribution in [0.1, 0.15) is 26.7 Å². The van der Waals surface area contributed by atoms with Crippen LogP contribution in [0.4, 0.5) is 5.69 Å². The van der Waals surface area contributed by atoms with E-state index in [4.69, 9.17) is 25.2 Å². The van der Waals surface area contributed by atoms with Gasteiger partial charge in [-0.2, -0.15) is 0 Å². The molecule has 1 aromatic carbocycles. The van der Waals surface area contributed by atoms with Crippen molar-refractivity contribution >= 4 is 36.0 Å². The van der Waals surface area contributed by atoms with Crippen LogP contribution in [-0.4, -0.2) is 56.4 Å². The highest BCUT2D eigenvalue weighted by molar-refractivity contribution is 7.48. The molecule has 0 unspecified atom stereocenters. The van der Waals surface area contributed by atoms with Crippen molar-refractivity contribution in [2.24, 2.45) is 0 Å². The highest BCUT2D eigenvalue weighted by atomic mass is 35.5. The zero-order valence-electron chi connectivity index (χ0n) is 17.6. The summed E-state index contributed by atoms with van der Waals surface area (Å²) in [7, 11) is -0.769. The average molecular weight is 444 g/mol. The Labute approximate surface area is 178 Å². The summed E-state index contributed by atoms with van der Waals surface area (Å²) in [4.78, 5) is 6.64. The Balaban J connectivity index is 1.78. The number of nitrogens with zero attached hydrogens (tertiary/aromatic N) is 2. The molecule has 2 aromatic rings. The van der Waals surface area contributed by atoms with Crippen LogP contribution < -0.4 is 5.32 Å². The largest absolute Gasteiger partial charge is 0.474 e. The summed E-state index contributed by atoms with van der Waals surface area (Å²) in [6, 6.07) is 8.06. The molecule has 0 radical (unpaired) electrons. The topological polar surface area (TPSA) is 72.9 Å². The summed E-state index contributed by atoms with van der Waals surface area (Å²) < 4.78 is 26.7. The first-order valence-corrected chi connectivity index (χ1v) is 11.6. The maximum absolute atomic E-state index is 11.9. The highest BCUT2D eigenvalue weighted by Crippen LogP contribution is 2.47. The number of phosphoric ester groups is 1. The Morgan fingerprint density at radius 3 is 2.69 bits per heavy atom. The van der Waals surface area contributed by atoms with Crippen molar-refractivity contribution in [1.82, 2.24) is 9.88 Å². The Bertz CT molecular complexity index is 815. The SMILES string of the molecule is CCN(CCC[C@H](C)Nc1ccnc2cc(Cl)ccc12)CCOP(=O)(OC)OC. The van der Waals surface area contributed by atoms with Crippen LogP contribution in [-0.2, 0) is 18.1 Å². The molecule has 0 aliphatic rings. The number of nitrogens with one attached hydrogen (secondary N) is 1. The van der Waals surface area contributed by atoms with E-state index in [9.17, 15) is 4.57 Å². The van der Waals surface area contributed by atoms with Crippen LogP contribution in [0.3, 0.4) is 0 Å². The Hall–Kier alpha value is -1.21. The number of pyridine rings is 1. The summed E-state index contributed by atoms with van der Waals surface area (Å²) in [5.74, 6) is 0. The van der Waals surface area contributed by atoms with Crippen LogP contribution in [0.15, 0.2) is 30.5 Å². The summed E-state index contributed by atoms with van der Waals surface area (Å²) in [5.41, 5.74) is 1.95. The Morgan fingerprint density at radius 1 is 1.24 bits per heavy atom. The number of rotatable bonds is 13. The molecule has 162 valence electrons. The van der Waals surface area contributed by atoms with Crippen molar-refractivity contribution in [3.8, 4) is 0 Å². The molecule has 1 N–H and O–H groups in total. The van der Waals surface area contributed by atoms with Gasteiger partial charge in [0.1, 0.15) is 0 Å². The minimum Gasteiger partial charge on any atom is -0.382 e. The summed E-state index contributed by atoms with van der Waals surface area (Å²) in [6.07, 6.45) is 3.84. The second-order valence-electron chi connectivity index (χ2n) is 6.79. The molecule has 7 nitrogen and oxygen atoms in total. The van der Waals surface area contributed by atoms with Gasteiger partial charge in [0.05, 0.1) is 12.1 Å². The quantitative estimate of drug-likeness (QED) is 0.426. The molecular formula is C20H31ClN3O4P. The number of hydrogen-bond donors (Lipinski definition) is 1. The molecule has 2 rings (SSSR count). The van der Waals surface area contributed by atoms with E-state index in [1.165, 1.54) is 14.2 Å². The molecule has 9 heteroatoms. The number of hydrogen-bond acceptors (Lipinski definition) is 7. The molecule has 0 fully saturated rings. The minimum atomic E-state index is -3.40. The van der Waals surface area contributed by atoms with Gasteiger partial charge in [0.2, 0.25) is 0 Å². The lowest BCUT2D eigenvalue weighted by Crippen LogP contribution is -2.29. The number of benzene rings is 1. The van der Waals surface area contributed by atoms with E-state index in [1.54, 1.807) is 6.20 Å². The van der Waals surface area contributed by atoms with Crippen molar-refractivity contribution in [1.29, 1.82) is 0 Å². The van der Waals surface area contributed by atoms with E-state index in [0.717, 1.165) is 42.5 Å². The molecule has 0 spiro atoms. The van der Waals surface area contributed by atoms with Crippen LogP contribution in [0.25, 0.3) is 10.9 Å². The molecule has 1 aromatic heterocycles. The number of aromatic nitrogens is 1. The maximum atomic E-state index is 11.9. The Morgan fingerprint density at radius 2 is 2.00 bits per heavy atom. The van der Waals surface area contributed by atoms with Gasteiger partial charge < -0.3 is 10.2 Å². The number of fused-ring (bicyclic) bond motifs is 1. The van der Waals surface area contributed by atoms with Crippen LogP contribution in [0.5, 0.6) is 0 Å². The van der Waals surface area contributed by atoms with Crippen LogP contribution in [0, 0.1) is 0 Å². The summed E-state index contributed by atoms with van der Waals surface area (Å²) in [5, 5.41) is 5.33. The van der Waals surface area contributed by atoms with Crippen molar-refractivity contribution in [2.75, 3.05) is 45.8 Å². The fraction of sp³-hybridized carbons (Fsp3) is 0.550. The lowest BCUT2D eigenvalue weighted by Gasteiger charge is -2.23. The highest BCUT2D eigenvalue weighted by Gasteiger charge is 2.22. The third kappa shape index (κ3) is 7.52. The molecule has 0 aliphatic heterocycles. The summed E-state index contributed by atoms with van der Waals surface area (Å²) >= 11 is 6.06. The number of likely N-dealkylation sites (N-methyl/N-ethyl adjacent to an activating group) is 1. The zero-order chi connectivity index (χ0) is 21.3. The van der Waals surface area contributed by atoms with Crippen molar-refractivity contribution in [2.45, 2.75) is 32.7 Å². The van der Waals surface area contributed by atoms with Gasteiger partial charge in [0.25, 0.3) is 0 Å². The first-order valence-electron chi connectivity index (χ1n) is 9.80. The second-order valence-corrected chi connectivity index (χ2v) is 9.11. The van der Waals surface area contributed by atoms with Gasteiger partial charge in [-0.3, -0.25) is 18.6 Å². The van der Waals surface area contributed by atoms with Gasteiger partial charge in [-0.25, -0.2) is 4.57 Å². The second kappa shape index (κ2) is 11.8. The van der Waals surface area contributed by atoms with Gasteiger partial charge in [0, 0.05) is 49.1 Å². The fourth-order valence-electron chi connectivity index (χ4n) is 3.10. The van der Waals surface area contributed by atoms with E-state index in [2.05, 4.69) is 29.0 Å². The zero-order valence-corrected chi connectivity index (χ0v) is 19.2. The van der Waals surface area contributed by atoms with Crippen LogP contribution in [0.2, 0.25) is 5.02 Å². The van der Waals surface area contributed by atoms with Crippen LogP contribution >= 0.6 is 19.4 Å². The van der Waals surface area contributed by atoms with Gasteiger partial charge >= 0.3 is 7.82 Å². The molecule has 0 amide bonds. The standard InChI is InChI=1S/C20H31ClN3O4P/c1-5-24(13-14-28-29(25,26-3)27-4)12-6-7-16(2)23-19-10-11-22-20-15-17(21)8-9-18(19)20/h8-11,15-16H,5-7,12-14H2,1-4H3,(H,22,23)/t16-/m0/s1. The first kappa shape index (κ1) is 24.1. The average Bonchev–Trinajstić information content (AvgIpc) is 2.72.